The topological polar surface area (TPSA) is 40.9 Å². The van der Waals surface area contributed by atoms with E-state index in [9.17, 15) is 22.4 Å². The highest BCUT2D eigenvalue weighted by Gasteiger charge is 2.38. The minimum atomic E-state index is -4.98. The summed E-state index contributed by atoms with van der Waals surface area (Å²) in [5.74, 6) is -2.56. The van der Waals surface area contributed by atoms with Gasteiger partial charge in [-0.2, -0.15) is 18.4 Å². The summed E-state index contributed by atoms with van der Waals surface area (Å²) in [5, 5.41) is 8.13. The van der Waals surface area contributed by atoms with Crippen LogP contribution in [0, 0.1) is 17.1 Å². The van der Waals surface area contributed by atoms with E-state index in [1.807, 2.05) is 0 Å². The highest BCUT2D eigenvalue weighted by molar-refractivity contribution is 9.09. The van der Waals surface area contributed by atoms with Crippen molar-refractivity contribution < 1.29 is 22.4 Å². The first-order valence-electron chi connectivity index (χ1n) is 4.21. The van der Waals surface area contributed by atoms with E-state index < -0.39 is 28.9 Å². The summed E-state index contributed by atoms with van der Waals surface area (Å²) in [4.78, 5) is 11.3. The van der Waals surface area contributed by atoms with E-state index in [0.717, 1.165) is 6.07 Å². The number of alkyl halides is 4. The van der Waals surface area contributed by atoms with Gasteiger partial charge in [-0.05, 0) is 12.1 Å². The SMILES string of the molecule is N#Cc1cc(F)c(C(F)(F)F)c(C(=O)CBr)c1. The normalized spacial score (nSPS) is 11.1. The van der Waals surface area contributed by atoms with Gasteiger partial charge in [0, 0.05) is 5.56 Å². The first kappa shape index (κ1) is 13.6. The number of carbonyl (C=O) groups is 1. The lowest BCUT2D eigenvalue weighted by Crippen LogP contribution is -2.16. The van der Waals surface area contributed by atoms with Gasteiger partial charge < -0.3 is 0 Å². The van der Waals surface area contributed by atoms with Gasteiger partial charge in [0.05, 0.1) is 17.0 Å². The molecule has 0 radical (unpaired) electrons. The number of benzene rings is 1. The Hall–Kier alpha value is -1.42. The molecule has 0 aliphatic rings. The third-order valence-electron chi connectivity index (χ3n) is 1.92. The summed E-state index contributed by atoms with van der Waals surface area (Å²) >= 11 is 2.70. The molecule has 0 heterocycles. The second kappa shape index (κ2) is 4.84. The van der Waals surface area contributed by atoms with Crippen molar-refractivity contribution in [3.63, 3.8) is 0 Å². The van der Waals surface area contributed by atoms with E-state index in [4.69, 9.17) is 5.26 Å². The fourth-order valence-electron chi connectivity index (χ4n) is 1.25. The summed E-state index contributed by atoms with van der Waals surface area (Å²) < 4.78 is 50.9. The summed E-state index contributed by atoms with van der Waals surface area (Å²) in [7, 11) is 0. The first-order chi connectivity index (χ1) is 7.81. The molecule has 0 unspecified atom stereocenters. The molecular formula is C10H4BrF4NO. The van der Waals surface area contributed by atoms with Crippen LogP contribution in [-0.2, 0) is 6.18 Å². The van der Waals surface area contributed by atoms with Crippen molar-refractivity contribution in [2.75, 3.05) is 5.33 Å². The molecular weight excluding hydrogens is 306 g/mol. The molecule has 0 bridgehead atoms. The molecule has 0 atom stereocenters. The molecule has 1 aromatic rings. The second-order valence-electron chi connectivity index (χ2n) is 3.05. The number of rotatable bonds is 2. The Balaban J connectivity index is 3.58. The zero-order valence-corrected chi connectivity index (χ0v) is 9.69. The number of halogens is 5. The number of nitrogens with zero attached hydrogens (tertiary/aromatic N) is 1. The van der Waals surface area contributed by atoms with Gasteiger partial charge in [0.2, 0.25) is 0 Å². The molecule has 0 amide bonds. The van der Waals surface area contributed by atoms with Crippen LogP contribution in [0.1, 0.15) is 21.5 Å². The van der Waals surface area contributed by atoms with Crippen LogP contribution < -0.4 is 0 Å². The van der Waals surface area contributed by atoms with Crippen LogP contribution in [0.3, 0.4) is 0 Å². The van der Waals surface area contributed by atoms with Crippen LogP contribution in [-0.4, -0.2) is 11.1 Å². The summed E-state index contributed by atoms with van der Waals surface area (Å²) in [5.41, 5.74) is -2.81. The maximum absolute atomic E-state index is 13.3. The molecule has 0 saturated carbocycles. The smallest absolute Gasteiger partial charge is 0.293 e. The van der Waals surface area contributed by atoms with E-state index in [2.05, 4.69) is 15.9 Å². The van der Waals surface area contributed by atoms with E-state index in [1.165, 1.54) is 6.07 Å². The molecule has 0 aliphatic carbocycles. The monoisotopic (exact) mass is 309 g/mol. The molecule has 0 aliphatic heterocycles. The standard InChI is InChI=1S/C10H4BrF4NO/c11-3-8(17)6-1-5(4-16)2-7(12)9(6)10(13,14)15/h1-2H,3H2. The second-order valence-corrected chi connectivity index (χ2v) is 3.61. The van der Waals surface area contributed by atoms with Gasteiger partial charge in [-0.15, -0.1) is 0 Å². The van der Waals surface area contributed by atoms with Gasteiger partial charge in [-0.3, -0.25) is 4.79 Å². The molecule has 0 fully saturated rings. The molecule has 7 heteroatoms. The Morgan fingerprint density at radius 1 is 1.41 bits per heavy atom. The van der Waals surface area contributed by atoms with Crippen molar-refractivity contribution in [3.05, 3.63) is 34.6 Å². The van der Waals surface area contributed by atoms with Crippen molar-refractivity contribution in [1.29, 1.82) is 5.26 Å². The number of hydrogen-bond acceptors (Lipinski definition) is 2. The van der Waals surface area contributed by atoms with Gasteiger partial charge in [-0.1, -0.05) is 15.9 Å². The lowest BCUT2D eigenvalue weighted by Gasteiger charge is -2.12. The molecule has 2 nitrogen and oxygen atoms in total. The molecule has 0 aromatic heterocycles. The fourth-order valence-corrected chi connectivity index (χ4v) is 1.55. The Kier molecular flexibility index (Phi) is 3.88. The number of carbonyl (C=O) groups excluding carboxylic acids is 1. The van der Waals surface area contributed by atoms with Crippen molar-refractivity contribution in [2.24, 2.45) is 0 Å². The zero-order valence-electron chi connectivity index (χ0n) is 8.11. The van der Waals surface area contributed by atoms with Crippen molar-refractivity contribution in [1.82, 2.24) is 0 Å². The summed E-state index contributed by atoms with van der Waals surface area (Å²) in [6.45, 7) is 0. The Morgan fingerprint density at radius 2 is 2.00 bits per heavy atom. The van der Waals surface area contributed by atoms with Crippen LogP contribution >= 0.6 is 15.9 Å². The van der Waals surface area contributed by atoms with Crippen molar-refractivity contribution in [2.45, 2.75) is 6.18 Å². The number of hydrogen-bond donors (Lipinski definition) is 0. The lowest BCUT2D eigenvalue weighted by molar-refractivity contribution is -0.140. The van der Waals surface area contributed by atoms with Gasteiger partial charge in [0.15, 0.2) is 5.78 Å². The van der Waals surface area contributed by atoms with E-state index >= 15 is 0 Å². The number of Topliss-reactive ketones (excluding diaryl/α,β-unsaturated/α-hetero) is 1. The van der Waals surface area contributed by atoms with Gasteiger partial charge in [0.1, 0.15) is 11.4 Å². The Morgan fingerprint density at radius 3 is 2.41 bits per heavy atom. The summed E-state index contributed by atoms with van der Waals surface area (Å²) in [6, 6.07) is 2.67. The quantitative estimate of drug-likeness (QED) is 0.478. The van der Waals surface area contributed by atoms with Crippen molar-refractivity contribution in [3.8, 4) is 6.07 Å². The average molecular weight is 310 g/mol. The lowest BCUT2D eigenvalue weighted by atomic mass is 10.0. The predicted octanol–water partition coefficient (Wildman–Crippen LogP) is 3.29. The molecule has 0 N–H and O–H groups in total. The molecule has 90 valence electrons. The minimum absolute atomic E-state index is 0.334. The van der Waals surface area contributed by atoms with Gasteiger partial charge in [-0.25, -0.2) is 4.39 Å². The molecule has 1 rings (SSSR count). The van der Waals surface area contributed by atoms with Gasteiger partial charge in [0.25, 0.3) is 0 Å². The van der Waals surface area contributed by atoms with Crippen LogP contribution in [0.5, 0.6) is 0 Å². The Labute approximate surface area is 102 Å². The van der Waals surface area contributed by atoms with Crippen molar-refractivity contribution >= 4 is 21.7 Å². The minimum Gasteiger partial charge on any atom is -0.293 e. The maximum Gasteiger partial charge on any atom is 0.419 e. The highest BCUT2D eigenvalue weighted by atomic mass is 79.9. The van der Waals surface area contributed by atoms with Crippen LogP contribution in [0.25, 0.3) is 0 Å². The molecule has 17 heavy (non-hydrogen) atoms. The number of nitriles is 1. The Bertz CT molecular complexity index is 504. The van der Waals surface area contributed by atoms with E-state index in [1.54, 1.807) is 0 Å². The number of ketones is 1. The third kappa shape index (κ3) is 2.82. The first-order valence-corrected chi connectivity index (χ1v) is 5.33. The highest BCUT2D eigenvalue weighted by Crippen LogP contribution is 2.35. The van der Waals surface area contributed by atoms with E-state index in [-0.39, 0.29) is 10.9 Å². The maximum atomic E-state index is 13.3. The molecule has 0 saturated heterocycles. The fraction of sp³-hybridized carbons (Fsp3) is 0.200. The largest absolute Gasteiger partial charge is 0.419 e. The molecule has 0 spiro atoms. The zero-order chi connectivity index (χ0) is 13.2. The third-order valence-corrected chi connectivity index (χ3v) is 2.43. The van der Waals surface area contributed by atoms with E-state index in [0.29, 0.717) is 6.07 Å². The summed E-state index contributed by atoms with van der Waals surface area (Å²) in [6.07, 6.45) is -4.98. The van der Waals surface area contributed by atoms with Gasteiger partial charge >= 0.3 is 6.18 Å². The van der Waals surface area contributed by atoms with Crippen LogP contribution in [0.2, 0.25) is 0 Å². The predicted molar refractivity (Wildman–Crippen MR) is 54.2 cm³/mol. The average Bonchev–Trinajstić information content (AvgIpc) is 2.24. The molecule has 1 aromatic carbocycles. The van der Waals surface area contributed by atoms with Crippen LogP contribution in [0.4, 0.5) is 17.6 Å². The van der Waals surface area contributed by atoms with Crippen LogP contribution in [0.15, 0.2) is 12.1 Å².